The van der Waals surface area contributed by atoms with Crippen molar-refractivity contribution in [2.24, 2.45) is 0 Å². The van der Waals surface area contributed by atoms with E-state index in [-0.39, 0.29) is 0 Å². The molecule has 3 heterocycles. The molecule has 7 heteroatoms. The van der Waals surface area contributed by atoms with E-state index in [4.69, 9.17) is 14.5 Å². The molecule has 2 aromatic carbocycles. The Hall–Kier alpha value is -3.71. The van der Waals surface area contributed by atoms with E-state index in [1.165, 1.54) is 11.1 Å². The number of benzene rings is 2. The molecule has 0 aliphatic carbocycles. The summed E-state index contributed by atoms with van der Waals surface area (Å²) in [5.74, 6) is 2.05. The summed E-state index contributed by atoms with van der Waals surface area (Å²) in [6.07, 6.45) is 6.37. The van der Waals surface area contributed by atoms with Gasteiger partial charge in [0.25, 0.3) is 0 Å². The van der Waals surface area contributed by atoms with E-state index in [9.17, 15) is 0 Å². The molecule has 5 rings (SSSR count). The minimum absolute atomic E-state index is 0.529. The second-order valence-corrected chi connectivity index (χ2v) is 8.01. The SMILES string of the molecule is COc1cncc(-c2ccc3cnc(Nc4cc5c(cc4OC)CCN(C)C5)nc3c2)c1. The number of ether oxygens (including phenoxy) is 2. The molecule has 32 heavy (non-hydrogen) atoms. The fourth-order valence-corrected chi connectivity index (χ4v) is 4.07. The van der Waals surface area contributed by atoms with Gasteiger partial charge < -0.3 is 19.7 Å². The number of pyridine rings is 1. The summed E-state index contributed by atoms with van der Waals surface area (Å²) in [5, 5.41) is 4.33. The van der Waals surface area contributed by atoms with E-state index in [2.05, 4.69) is 39.4 Å². The third-order valence-electron chi connectivity index (χ3n) is 5.84. The molecule has 1 aliphatic rings. The maximum absolute atomic E-state index is 5.65. The van der Waals surface area contributed by atoms with E-state index in [1.807, 2.05) is 36.7 Å². The molecule has 0 radical (unpaired) electrons. The van der Waals surface area contributed by atoms with Gasteiger partial charge in [-0.3, -0.25) is 4.98 Å². The normalized spacial score (nSPS) is 13.6. The molecule has 0 saturated carbocycles. The molecule has 0 bridgehead atoms. The number of hydrogen-bond donors (Lipinski definition) is 1. The fourth-order valence-electron chi connectivity index (χ4n) is 4.07. The van der Waals surface area contributed by atoms with Gasteiger partial charge in [0, 0.05) is 36.4 Å². The van der Waals surface area contributed by atoms with Crippen molar-refractivity contribution in [3.63, 3.8) is 0 Å². The van der Waals surface area contributed by atoms with Crippen LogP contribution in [0.5, 0.6) is 11.5 Å². The minimum atomic E-state index is 0.529. The quantitative estimate of drug-likeness (QED) is 0.505. The third kappa shape index (κ3) is 3.94. The number of rotatable bonds is 5. The van der Waals surface area contributed by atoms with Gasteiger partial charge in [-0.15, -0.1) is 0 Å². The zero-order chi connectivity index (χ0) is 22.1. The highest BCUT2D eigenvalue weighted by atomic mass is 16.5. The number of anilines is 2. The summed E-state index contributed by atoms with van der Waals surface area (Å²) < 4.78 is 11.0. The summed E-state index contributed by atoms with van der Waals surface area (Å²) in [6.45, 7) is 1.98. The van der Waals surface area contributed by atoms with Gasteiger partial charge in [0.15, 0.2) is 0 Å². The van der Waals surface area contributed by atoms with Crippen molar-refractivity contribution in [1.82, 2.24) is 19.9 Å². The second kappa shape index (κ2) is 8.43. The number of nitrogens with one attached hydrogen (secondary N) is 1. The van der Waals surface area contributed by atoms with Crippen molar-refractivity contribution in [1.29, 1.82) is 0 Å². The fraction of sp³-hybridized carbons (Fsp3) is 0.240. The first-order valence-corrected chi connectivity index (χ1v) is 10.5. The van der Waals surface area contributed by atoms with Gasteiger partial charge in [0.1, 0.15) is 11.5 Å². The van der Waals surface area contributed by atoms with Gasteiger partial charge in [0.2, 0.25) is 5.95 Å². The van der Waals surface area contributed by atoms with Crippen LogP contribution in [0.15, 0.2) is 55.0 Å². The van der Waals surface area contributed by atoms with Crippen LogP contribution in [0.4, 0.5) is 11.6 Å². The van der Waals surface area contributed by atoms with Gasteiger partial charge in [0.05, 0.1) is 31.6 Å². The van der Waals surface area contributed by atoms with Crippen LogP contribution in [0.1, 0.15) is 11.1 Å². The highest BCUT2D eigenvalue weighted by Crippen LogP contribution is 2.33. The minimum Gasteiger partial charge on any atom is -0.495 e. The number of fused-ring (bicyclic) bond motifs is 2. The highest BCUT2D eigenvalue weighted by molar-refractivity contribution is 5.84. The zero-order valence-corrected chi connectivity index (χ0v) is 18.4. The average molecular weight is 428 g/mol. The molecule has 0 atom stereocenters. The highest BCUT2D eigenvalue weighted by Gasteiger charge is 2.17. The van der Waals surface area contributed by atoms with Crippen LogP contribution in [0.3, 0.4) is 0 Å². The first-order valence-electron chi connectivity index (χ1n) is 10.5. The van der Waals surface area contributed by atoms with Gasteiger partial charge in [-0.2, -0.15) is 0 Å². The molecule has 1 aliphatic heterocycles. The Morgan fingerprint density at radius 2 is 1.84 bits per heavy atom. The van der Waals surface area contributed by atoms with Crippen molar-refractivity contribution in [2.75, 3.05) is 33.1 Å². The van der Waals surface area contributed by atoms with Crippen LogP contribution in [-0.2, 0) is 13.0 Å². The van der Waals surface area contributed by atoms with Gasteiger partial charge >= 0.3 is 0 Å². The maximum Gasteiger partial charge on any atom is 0.227 e. The molecular formula is C25H25N5O2. The largest absolute Gasteiger partial charge is 0.495 e. The van der Waals surface area contributed by atoms with Gasteiger partial charge in [-0.05, 0) is 54.4 Å². The third-order valence-corrected chi connectivity index (χ3v) is 5.84. The molecule has 0 spiro atoms. The van der Waals surface area contributed by atoms with Crippen LogP contribution < -0.4 is 14.8 Å². The zero-order valence-electron chi connectivity index (χ0n) is 18.4. The summed E-state index contributed by atoms with van der Waals surface area (Å²) in [6, 6.07) is 12.3. The molecule has 2 aromatic heterocycles. The first kappa shape index (κ1) is 20.2. The lowest BCUT2D eigenvalue weighted by atomic mass is 9.99. The van der Waals surface area contributed by atoms with E-state index in [0.29, 0.717) is 5.95 Å². The van der Waals surface area contributed by atoms with Gasteiger partial charge in [-0.25, -0.2) is 9.97 Å². The molecule has 0 amide bonds. The second-order valence-electron chi connectivity index (χ2n) is 8.01. The lowest BCUT2D eigenvalue weighted by molar-refractivity contribution is 0.312. The Kier molecular flexibility index (Phi) is 5.33. The van der Waals surface area contributed by atoms with Crippen molar-refractivity contribution in [2.45, 2.75) is 13.0 Å². The Labute approximate surface area is 187 Å². The average Bonchev–Trinajstić information content (AvgIpc) is 2.83. The predicted molar refractivity (Wildman–Crippen MR) is 126 cm³/mol. The van der Waals surface area contributed by atoms with E-state index < -0.39 is 0 Å². The predicted octanol–water partition coefficient (Wildman–Crippen LogP) is 4.44. The van der Waals surface area contributed by atoms with E-state index in [1.54, 1.807) is 20.4 Å². The van der Waals surface area contributed by atoms with Crippen molar-refractivity contribution < 1.29 is 9.47 Å². The Balaban J connectivity index is 1.49. The molecule has 0 fully saturated rings. The van der Waals surface area contributed by atoms with Crippen molar-refractivity contribution >= 4 is 22.5 Å². The topological polar surface area (TPSA) is 72.4 Å². The summed E-state index contributed by atoms with van der Waals surface area (Å²) in [7, 11) is 5.47. The van der Waals surface area contributed by atoms with Crippen molar-refractivity contribution in [3.8, 4) is 22.6 Å². The number of likely N-dealkylation sites (N-methyl/N-ethyl adjacent to an activating group) is 1. The monoisotopic (exact) mass is 427 g/mol. The molecule has 0 unspecified atom stereocenters. The van der Waals surface area contributed by atoms with Crippen LogP contribution >= 0.6 is 0 Å². The smallest absolute Gasteiger partial charge is 0.227 e. The Morgan fingerprint density at radius 3 is 2.69 bits per heavy atom. The summed E-state index contributed by atoms with van der Waals surface area (Å²) in [4.78, 5) is 15.9. The molecule has 7 nitrogen and oxygen atoms in total. The molecule has 162 valence electrons. The summed E-state index contributed by atoms with van der Waals surface area (Å²) in [5.41, 5.74) is 6.34. The Morgan fingerprint density at radius 1 is 0.938 bits per heavy atom. The van der Waals surface area contributed by atoms with E-state index in [0.717, 1.165) is 58.7 Å². The van der Waals surface area contributed by atoms with Crippen LogP contribution in [-0.4, -0.2) is 47.7 Å². The molecule has 1 N–H and O–H groups in total. The van der Waals surface area contributed by atoms with E-state index >= 15 is 0 Å². The number of methoxy groups -OCH3 is 2. The Bertz CT molecular complexity index is 1290. The number of nitrogens with zero attached hydrogens (tertiary/aromatic N) is 4. The standard InChI is InChI=1S/C25H25N5O2/c1-30-7-6-17-11-24(32-3)23(10-20(17)15-30)29-25-27-13-18-5-4-16(9-22(18)28-25)19-8-21(31-2)14-26-12-19/h4-5,8-14H,6-7,15H2,1-3H3,(H,27,28,29). The lowest BCUT2D eigenvalue weighted by Gasteiger charge is -2.26. The number of hydrogen-bond acceptors (Lipinski definition) is 7. The van der Waals surface area contributed by atoms with Crippen LogP contribution in [0.2, 0.25) is 0 Å². The van der Waals surface area contributed by atoms with Crippen LogP contribution in [0, 0.1) is 0 Å². The molecular weight excluding hydrogens is 402 g/mol. The molecule has 0 saturated heterocycles. The van der Waals surface area contributed by atoms with Crippen LogP contribution in [0.25, 0.3) is 22.0 Å². The maximum atomic E-state index is 5.65. The molecule has 4 aromatic rings. The number of aromatic nitrogens is 3. The summed E-state index contributed by atoms with van der Waals surface area (Å²) >= 11 is 0. The van der Waals surface area contributed by atoms with Crippen molar-refractivity contribution in [3.05, 3.63) is 66.1 Å². The van der Waals surface area contributed by atoms with Gasteiger partial charge in [-0.1, -0.05) is 12.1 Å². The first-order chi connectivity index (χ1) is 15.6. The lowest BCUT2D eigenvalue weighted by Crippen LogP contribution is -2.26.